The first kappa shape index (κ1) is 24.1. The molecular formula is C23H14ClF3N4O4S. The lowest BCUT2D eigenvalue weighted by Crippen LogP contribution is -2.30. The summed E-state index contributed by atoms with van der Waals surface area (Å²) in [6.45, 7) is -0.0664. The minimum absolute atomic E-state index is 0.0560. The van der Waals surface area contributed by atoms with Crippen molar-refractivity contribution in [2.45, 2.75) is 17.1 Å². The fourth-order valence-electron chi connectivity index (χ4n) is 3.70. The molecule has 1 aromatic carbocycles. The van der Waals surface area contributed by atoms with E-state index in [0.29, 0.717) is 9.92 Å². The lowest BCUT2D eigenvalue weighted by Gasteiger charge is -2.27. The SMILES string of the molecule is COC1=C(Sc2cc(Cl)cnc2C#N)OC2C(=C1n1cc(-c3cc(F)c(F)c(F)c3)cn1)OCC2O. The molecule has 0 radical (unpaired) electrons. The molecule has 2 unspecified atom stereocenters. The predicted molar refractivity (Wildman–Crippen MR) is 121 cm³/mol. The highest BCUT2D eigenvalue weighted by Gasteiger charge is 2.44. The van der Waals surface area contributed by atoms with Gasteiger partial charge >= 0.3 is 0 Å². The van der Waals surface area contributed by atoms with Crippen LogP contribution < -0.4 is 0 Å². The first-order valence-electron chi connectivity index (χ1n) is 10.2. The molecule has 1 fully saturated rings. The van der Waals surface area contributed by atoms with Gasteiger partial charge in [-0.2, -0.15) is 10.4 Å². The fraction of sp³-hybridized carbons (Fsp3) is 0.174. The summed E-state index contributed by atoms with van der Waals surface area (Å²) >= 11 is 7.06. The zero-order valence-electron chi connectivity index (χ0n) is 18.2. The van der Waals surface area contributed by atoms with Gasteiger partial charge in [0.25, 0.3) is 0 Å². The Bertz CT molecular complexity index is 1460. The molecule has 1 N–H and O–H groups in total. The number of rotatable bonds is 5. The summed E-state index contributed by atoms with van der Waals surface area (Å²) in [4.78, 5) is 4.38. The number of thioether (sulfide) groups is 1. The van der Waals surface area contributed by atoms with Gasteiger partial charge in [-0.05, 0) is 35.5 Å². The number of fused-ring (bicyclic) bond motifs is 1. The van der Waals surface area contributed by atoms with Gasteiger partial charge in [0.2, 0.25) is 5.09 Å². The van der Waals surface area contributed by atoms with Gasteiger partial charge in [-0.15, -0.1) is 0 Å². The number of methoxy groups -OCH3 is 1. The van der Waals surface area contributed by atoms with Crippen molar-refractivity contribution >= 4 is 29.1 Å². The number of aliphatic hydroxyl groups is 1. The molecule has 0 amide bonds. The number of hydrogen-bond acceptors (Lipinski definition) is 8. The van der Waals surface area contributed by atoms with Crippen molar-refractivity contribution in [3.8, 4) is 17.2 Å². The average molecular weight is 535 g/mol. The Kier molecular flexibility index (Phi) is 6.29. The summed E-state index contributed by atoms with van der Waals surface area (Å²) in [5.74, 6) is -3.88. The third-order valence-corrected chi connectivity index (χ3v) is 6.55. The van der Waals surface area contributed by atoms with Gasteiger partial charge in [0.05, 0.1) is 23.2 Å². The van der Waals surface area contributed by atoms with Gasteiger partial charge < -0.3 is 19.3 Å². The van der Waals surface area contributed by atoms with Crippen molar-refractivity contribution < 1.29 is 32.5 Å². The van der Waals surface area contributed by atoms with Gasteiger partial charge in [-0.3, -0.25) is 0 Å². The molecule has 2 aliphatic rings. The Morgan fingerprint density at radius 2 is 1.97 bits per heavy atom. The predicted octanol–water partition coefficient (Wildman–Crippen LogP) is 4.45. The zero-order chi connectivity index (χ0) is 25.6. The molecule has 0 saturated carbocycles. The van der Waals surface area contributed by atoms with Crippen LogP contribution in [0.15, 0.2) is 58.3 Å². The lowest BCUT2D eigenvalue weighted by atomic mass is 10.1. The van der Waals surface area contributed by atoms with Crippen LogP contribution in [0.3, 0.4) is 0 Å². The fourth-order valence-corrected chi connectivity index (χ4v) is 4.93. The van der Waals surface area contributed by atoms with Gasteiger partial charge in [0.15, 0.2) is 46.5 Å². The van der Waals surface area contributed by atoms with E-state index in [9.17, 15) is 23.5 Å². The molecule has 2 atom stereocenters. The first-order chi connectivity index (χ1) is 17.3. The second-order valence-corrected chi connectivity index (χ2v) is 9.04. The number of hydrogen-bond donors (Lipinski definition) is 1. The van der Waals surface area contributed by atoms with Crippen LogP contribution >= 0.6 is 23.4 Å². The second kappa shape index (κ2) is 9.42. The van der Waals surface area contributed by atoms with Gasteiger partial charge in [0.1, 0.15) is 18.8 Å². The molecule has 36 heavy (non-hydrogen) atoms. The van der Waals surface area contributed by atoms with Gasteiger partial charge in [-0.25, -0.2) is 22.8 Å². The van der Waals surface area contributed by atoms with Crippen LogP contribution in [0.4, 0.5) is 13.2 Å². The van der Waals surface area contributed by atoms with Crippen molar-refractivity contribution in [1.29, 1.82) is 5.26 Å². The monoisotopic (exact) mass is 534 g/mol. The van der Waals surface area contributed by atoms with Crippen LogP contribution in [0, 0.1) is 28.8 Å². The topological polar surface area (TPSA) is 102 Å². The molecular weight excluding hydrogens is 521 g/mol. The summed E-state index contributed by atoms with van der Waals surface area (Å²) in [7, 11) is 1.38. The quantitative estimate of drug-likeness (QED) is 0.479. The van der Waals surface area contributed by atoms with Crippen LogP contribution in [0.1, 0.15) is 5.69 Å². The molecule has 184 valence electrons. The maximum Gasteiger partial charge on any atom is 0.203 e. The van der Waals surface area contributed by atoms with Crippen LogP contribution in [0.2, 0.25) is 5.02 Å². The van der Waals surface area contributed by atoms with Crippen molar-refractivity contribution in [2.75, 3.05) is 13.7 Å². The standard InChI is InChI=1S/C23H14ClF3N4O4S/c1-33-22-19(31-8-11(6-30-31)10-2-13(25)18(27)14(26)3-10)21-20(16(32)9-34-21)35-23(22)36-17-4-12(24)7-29-15(17)5-28/h2-4,6-8,16,20,32H,9H2,1H3. The van der Waals surface area contributed by atoms with E-state index in [2.05, 4.69) is 10.1 Å². The molecule has 0 spiro atoms. The number of allylic oxidation sites excluding steroid dienone is 1. The molecule has 1 saturated heterocycles. The van der Waals surface area contributed by atoms with E-state index in [1.807, 2.05) is 6.07 Å². The summed E-state index contributed by atoms with van der Waals surface area (Å²) in [5.41, 5.74) is 0.686. The second-order valence-electron chi connectivity index (χ2n) is 7.59. The van der Waals surface area contributed by atoms with Crippen molar-refractivity contribution in [3.63, 3.8) is 0 Å². The minimum atomic E-state index is -1.57. The van der Waals surface area contributed by atoms with E-state index in [1.165, 1.54) is 36.4 Å². The van der Waals surface area contributed by atoms with Crippen LogP contribution in [-0.2, 0) is 14.2 Å². The molecule has 0 aliphatic carbocycles. The smallest absolute Gasteiger partial charge is 0.203 e. The molecule has 13 heteroatoms. The molecule has 5 rings (SSSR count). The Morgan fingerprint density at radius 3 is 2.67 bits per heavy atom. The third kappa shape index (κ3) is 4.15. The normalized spacial score (nSPS) is 19.0. The highest BCUT2D eigenvalue weighted by molar-refractivity contribution is 8.03. The maximum absolute atomic E-state index is 13.8. The molecule has 2 aliphatic heterocycles. The maximum atomic E-state index is 13.8. The molecule has 3 aromatic rings. The number of halogens is 4. The Balaban J connectivity index is 1.61. The van der Waals surface area contributed by atoms with Crippen LogP contribution in [0.5, 0.6) is 0 Å². The summed E-state index contributed by atoms with van der Waals surface area (Å²) in [5, 5.41) is 24.6. The van der Waals surface area contributed by atoms with Crippen molar-refractivity contribution in [3.05, 3.63) is 81.6 Å². The molecule has 2 aromatic heterocycles. The Morgan fingerprint density at radius 1 is 1.22 bits per heavy atom. The van der Waals surface area contributed by atoms with E-state index >= 15 is 0 Å². The third-order valence-electron chi connectivity index (χ3n) is 5.35. The number of benzene rings is 1. The van der Waals surface area contributed by atoms with E-state index in [4.69, 9.17) is 25.8 Å². The van der Waals surface area contributed by atoms with E-state index in [1.54, 1.807) is 0 Å². The highest BCUT2D eigenvalue weighted by atomic mass is 35.5. The minimum Gasteiger partial charge on any atom is -0.490 e. The highest BCUT2D eigenvalue weighted by Crippen LogP contribution is 2.45. The first-order valence-corrected chi connectivity index (χ1v) is 11.4. The average Bonchev–Trinajstić information content (AvgIpc) is 3.49. The van der Waals surface area contributed by atoms with Crippen molar-refractivity contribution in [1.82, 2.24) is 14.8 Å². The van der Waals surface area contributed by atoms with E-state index < -0.39 is 29.7 Å². The van der Waals surface area contributed by atoms with Gasteiger partial charge in [0, 0.05) is 18.0 Å². The number of nitrogens with zero attached hydrogens (tertiary/aromatic N) is 4. The zero-order valence-corrected chi connectivity index (χ0v) is 19.8. The number of pyridine rings is 1. The van der Waals surface area contributed by atoms with E-state index in [-0.39, 0.29) is 45.7 Å². The van der Waals surface area contributed by atoms with Crippen molar-refractivity contribution in [2.24, 2.45) is 0 Å². The summed E-state index contributed by atoms with van der Waals surface area (Å²) < 4.78 is 59.6. The summed E-state index contributed by atoms with van der Waals surface area (Å²) in [6.07, 6.45) is 2.15. The number of ether oxygens (including phenoxy) is 3. The largest absolute Gasteiger partial charge is 0.490 e. The van der Waals surface area contributed by atoms with Crippen LogP contribution in [-0.4, -0.2) is 45.8 Å². The molecule has 8 nitrogen and oxygen atoms in total. The number of nitriles is 1. The summed E-state index contributed by atoms with van der Waals surface area (Å²) in [6, 6.07) is 5.21. The van der Waals surface area contributed by atoms with E-state index in [0.717, 1.165) is 23.9 Å². The molecule has 0 bridgehead atoms. The molecule has 4 heterocycles. The van der Waals surface area contributed by atoms with Gasteiger partial charge in [-0.1, -0.05) is 11.6 Å². The number of aliphatic hydroxyl groups excluding tert-OH is 1. The number of aromatic nitrogens is 3. The van der Waals surface area contributed by atoms with Crippen LogP contribution in [0.25, 0.3) is 16.8 Å². The lowest BCUT2D eigenvalue weighted by molar-refractivity contribution is 0.0420. The Labute approximate surface area is 211 Å². The Hall–Kier alpha value is -3.66.